The molecule has 0 aromatic carbocycles. The van der Waals surface area contributed by atoms with Gasteiger partial charge in [0.2, 0.25) is 5.91 Å². The van der Waals surface area contributed by atoms with Gasteiger partial charge in [0.1, 0.15) is 17.1 Å². The first-order valence-corrected chi connectivity index (χ1v) is 10.9. The zero-order valence-electron chi connectivity index (χ0n) is 18.2. The second-order valence-electron chi connectivity index (χ2n) is 8.83. The van der Waals surface area contributed by atoms with Crippen LogP contribution in [0.3, 0.4) is 0 Å². The standard InChI is InChI=1S/C21H35N5O3/c1-14(18(27)29-4)15(2)23-20(28)21(3)10-5-13-26-17(24-25-19(21)26)7-6-16-8-11-22-12-9-16/h14-16,22H,5-13H2,1-4H3,(H,23,28). The minimum Gasteiger partial charge on any atom is -0.469 e. The Hall–Kier alpha value is -1.96. The zero-order valence-corrected chi connectivity index (χ0v) is 18.2. The molecule has 3 unspecified atom stereocenters. The van der Waals surface area contributed by atoms with Gasteiger partial charge in [0.05, 0.1) is 13.0 Å². The summed E-state index contributed by atoms with van der Waals surface area (Å²) in [5, 5.41) is 15.3. The second-order valence-corrected chi connectivity index (χ2v) is 8.83. The van der Waals surface area contributed by atoms with Gasteiger partial charge in [-0.1, -0.05) is 0 Å². The number of fused-ring (bicyclic) bond motifs is 1. The molecule has 1 aromatic rings. The van der Waals surface area contributed by atoms with Gasteiger partial charge < -0.3 is 19.9 Å². The fourth-order valence-electron chi connectivity index (χ4n) is 4.47. The van der Waals surface area contributed by atoms with Crippen molar-refractivity contribution in [2.24, 2.45) is 11.8 Å². The van der Waals surface area contributed by atoms with Gasteiger partial charge in [-0.25, -0.2) is 0 Å². The lowest BCUT2D eigenvalue weighted by Gasteiger charge is -2.34. The van der Waals surface area contributed by atoms with Crippen LogP contribution >= 0.6 is 0 Å². The minimum atomic E-state index is -0.734. The van der Waals surface area contributed by atoms with Crippen LogP contribution in [0.25, 0.3) is 0 Å². The van der Waals surface area contributed by atoms with E-state index in [1.54, 1.807) is 6.92 Å². The molecular formula is C21H35N5O3. The van der Waals surface area contributed by atoms with E-state index in [1.807, 2.05) is 13.8 Å². The predicted molar refractivity (Wildman–Crippen MR) is 109 cm³/mol. The monoisotopic (exact) mass is 405 g/mol. The minimum absolute atomic E-state index is 0.0981. The van der Waals surface area contributed by atoms with E-state index in [2.05, 4.69) is 25.4 Å². The number of rotatable bonds is 7. The summed E-state index contributed by atoms with van der Waals surface area (Å²) >= 11 is 0. The molecular weight excluding hydrogens is 370 g/mol. The zero-order chi connectivity index (χ0) is 21.0. The van der Waals surface area contributed by atoms with E-state index in [9.17, 15) is 9.59 Å². The molecule has 2 aliphatic heterocycles. The van der Waals surface area contributed by atoms with E-state index in [4.69, 9.17) is 4.74 Å². The largest absolute Gasteiger partial charge is 0.469 e. The molecule has 29 heavy (non-hydrogen) atoms. The van der Waals surface area contributed by atoms with Gasteiger partial charge in [-0.2, -0.15) is 0 Å². The van der Waals surface area contributed by atoms with E-state index < -0.39 is 11.3 Å². The summed E-state index contributed by atoms with van der Waals surface area (Å²) in [5.74, 6) is 1.65. The summed E-state index contributed by atoms with van der Waals surface area (Å²) in [7, 11) is 1.36. The van der Waals surface area contributed by atoms with Crippen LogP contribution in [0.4, 0.5) is 0 Å². The Bertz CT molecular complexity index is 728. The molecule has 2 N–H and O–H groups in total. The maximum Gasteiger partial charge on any atom is 0.310 e. The van der Waals surface area contributed by atoms with E-state index in [0.29, 0.717) is 0 Å². The third kappa shape index (κ3) is 4.63. The summed E-state index contributed by atoms with van der Waals surface area (Å²) in [6, 6.07) is -0.315. The number of esters is 1. The summed E-state index contributed by atoms with van der Waals surface area (Å²) in [6.45, 7) is 8.60. The molecule has 2 aliphatic rings. The fraction of sp³-hybridized carbons (Fsp3) is 0.810. The smallest absolute Gasteiger partial charge is 0.310 e. The Kier molecular flexibility index (Phi) is 6.93. The number of aromatic nitrogens is 3. The first-order valence-electron chi connectivity index (χ1n) is 10.9. The third-order valence-corrected chi connectivity index (χ3v) is 6.80. The molecule has 0 radical (unpaired) electrons. The molecule has 8 nitrogen and oxygen atoms in total. The molecule has 1 saturated heterocycles. The molecule has 0 saturated carbocycles. The molecule has 0 aliphatic carbocycles. The van der Waals surface area contributed by atoms with Crippen molar-refractivity contribution in [3.05, 3.63) is 11.6 Å². The van der Waals surface area contributed by atoms with Crippen LogP contribution in [0.5, 0.6) is 0 Å². The van der Waals surface area contributed by atoms with Crippen molar-refractivity contribution in [3.63, 3.8) is 0 Å². The highest BCUT2D eigenvalue weighted by Gasteiger charge is 2.43. The number of carbonyl (C=O) groups is 2. The SMILES string of the molecule is COC(=O)C(C)C(C)NC(=O)C1(C)CCCn2c(CCC3CCNCC3)nnc21. The van der Waals surface area contributed by atoms with Crippen LogP contribution in [0, 0.1) is 11.8 Å². The highest BCUT2D eigenvalue weighted by molar-refractivity contribution is 5.87. The lowest BCUT2D eigenvalue weighted by molar-refractivity contribution is -0.146. The summed E-state index contributed by atoms with van der Waals surface area (Å²) in [4.78, 5) is 25.0. The van der Waals surface area contributed by atoms with Crippen LogP contribution in [-0.2, 0) is 32.7 Å². The number of amides is 1. The van der Waals surface area contributed by atoms with E-state index in [0.717, 1.165) is 62.9 Å². The Balaban J connectivity index is 1.69. The van der Waals surface area contributed by atoms with Crippen LogP contribution in [0.1, 0.15) is 64.5 Å². The quantitative estimate of drug-likeness (QED) is 0.669. The van der Waals surface area contributed by atoms with Crippen molar-refractivity contribution in [1.29, 1.82) is 0 Å². The third-order valence-electron chi connectivity index (χ3n) is 6.80. The van der Waals surface area contributed by atoms with Gasteiger partial charge in [-0.3, -0.25) is 9.59 Å². The van der Waals surface area contributed by atoms with Crippen LogP contribution < -0.4 is 10.6 Å². The first kappa shape index (κ1) is 21.7. The normalized spacial score (nSPS) is 24.4. The maximum atomic E-state index is 13.2. The predicted octanol–water partition coefficient (Wildman–Crippen LogP) is 1.58. The summed E-state index contributed by atoms with van der Waals surface area (Å²) in [6.07, 6.45) is 6.11. The average Bonchev–Trinajstić information content (AvgIpc) is 3.16. The molecule has 8 heteroatoms. The number of nitrogens with one attached hydrogen (secondary N) is 2. The van der Waals surface area contributed by atoms with E-state index in [-0.39, 0.29) is 17.9 Å². The van der Waals surface area contributed by atoms with Crippen molar-refractivity contribution >= 4 is 11.9 Å². The Morgan fingerprint density at radius 2 is 2.03 bits per heavy atom. The Morgan fingerprint density at radius 3 is 2.72 bits per heavy atom. The number of nitrogens with zero attached hydrogens (tertiary/aromatic N) is 3. The molecule has 3 rings (SSSR count). The topological polar surface area (TPSA) is 98.1 Å². The van der Waals surface area contributed by atoms with Crippen molar-refractivity contribution in [2.45, 2.75) is 77.3 Å². The lowest BCUT2D eigenvalue weighted by Crippen LogP contribution is -2.51. The molecule has 0 spiro atoms. The van der Waals surface area contributed by atoms with Gasteiger partial charge in [-0.05, 0) is 71.9 Å². The number of aryl methyl sites for hydroxylation is 1. The van der Waals surface area contributed by atoms with Gasteiger partial charge >= 0.3 is 5.97 Å². The number of hydrogen-bond donors (Lipinski definition) is 2. The van der Waals surface area contributed by atoms with E-state index >= 15 is 0 Å². The van der Waals surface area contributed by atoms with Gasteiger partial charge in [0, 0.05) is 19.0 Å². The van der Waals surface area contributed by atoms with Crippen LogP contribution in [0.2, 0.25) is 0 Å². The number of piperidine rings is 1. The number of hydrogen-bond acceptors (Lipinski definition) is 6. The average molecular weight is 406 g/mol. The maximum absolute atomic E-state index is 13.2. The van der Waals surface area contributed by atoms with Gasteiger partial charge in [-0.15, -0.1) is 10.2 Å². The molecule has 3 heterocycles. The van der Waals surface area contributed by atoms with Crippen molar-refractivity contribution < 1.29 is 14.3 Å². The summed E-state index contributed by atoms with van der Waals surface area (Å²) in [5.41, 5.74) is -0.734. The highest BCUT2D eigenvalue weighted by atomic mass is 16.5. The lowest BCUT2D eigenvalue weighted by atomic mass is 9.80. The summed E-state index contributed by atoms with van der Waals surface area (Å²) < 4.78 is 6.95. The number of ether oxygens (including phenoxy) is 1. The highest BCUT2D eigenvalue weighted by Crippen LogP contribution is 2.34. The van der Waals surface area contributed by atoms with Crippen molar-refractivity contribution in [3.8, 4) is 0 Å². The molecule has 162 valence electrons. The van der Waals surface area contributed by atoms with E-state index in [1.165, 1.54) is 20.0 Å². The Labute approximate surface area is 173 Å². The molecule has 0 bridgehead atoms. The molecule has 3 atom stereocenters. The van der Waals surface area contributed by atoms with Crippen LogP contribution in [0.15, 0.2) is 0 Å². The van der Waals surface area contributed by atoms with Crippen LogP contribution in [-0.4, -0.2) is 52.9 Å². The second kappa shape index (κ2) is 9.24. The molecule has 1 fully saturated rings. The molecule has 1 amide bonds. The van der Waals surface area contributed by atoms with Crippen molar-refractivity contribution in [2.75, 3.05) is 20.2 Å². The van der Waals surface area contributed by atoms with Crippen molar-refractivity contribution in [1.82, 2.24) is 25.4 Å². The van der Waals surface area contributed by atoms with Gasteiger partial charge in [0.25, 0.3) is 0 Å². The fourth-order valence-corrected chi connectivity index (χ4v) is 4.47. The Morgan fingerprint density at radius 1 is 1.31 bits per heavy atom. The number of methoxy groups -OCH3 is 1. The molecule has 1 aromatic heterocycles. The first-order chi connectivity index (χ1) is 13.9. The number of carbonyl (C=O) groups excluding carboxylic acids is 2. The van der Waals surface area contributed by atoms with Gasteiger partial charge in [0.15, 0.2) is 0 Å².